The van der Waals surface area contributed by atoms with Gasteiger partial charge >= 0.3 is 17.9 Å². The molecule has 1 aliphatic rings. The minimum atomic E-state index is -1.72. The lowest BCUT2D eigenvalue weighted by Crippen LogP contribution is -2.59. The number of hydrogen-bond donors (Lipinski definition) is 15. The second-order valence-electron chi connectivity index (χ2n) is 19.6. The lowest BCUT2D eigenvalue weighted by molar-refractivity contribution is -0.142. The van der Waals surface area contributed by atoms with Crippen molar-refractivity contribution in [2.75, 3.05) is 13.1 Å². The Kier molecular flexibility index (Phi) is 25.2. The monoisotopic (exact) mass is 1150 g/mol. The third-order valence-corrected chi connectivity index (χ3v) is 13.1. The zero-order valence-electron chi connectivity index (χ0n) is 45.2. The Bertz CT molecular complexity index is 2770. The van der Waals surface area contributed by atoms with Crippen LogP contribution in [-0.4, -0.2) is 180 Å². The van der Waals surface area contributed by atoms with Crippen LogP contribution in [0.2, 0.25) is 0 Å². The molecule has 0 aromatic heterocycles. The van der Waals surface area contributed by atoms with E-state index in [9.17, 15) is 88.2 Å². The number of aliphatic hydroxyl groups is 1. The molecular weight excluding hydrogens is 1080 g/mol. The van der Waals surface area contributed by atoms with Crippen LogP contribution in [0.1, 0.15) is 76.0 Å². The third kappa shape index (κ3) is 21.1. The van der Waals surface area contributed by atoms with Gasteiger partial charge in [0.1, 0.15) is 65.9 Å². The van der Waals surface area contributed by atoms with Crippen molar-refractivity contribution in [2.45, 2.75) is 139 Å². The van der Waals surface area contributed by atoms with Gasteiger partial charge in [-0.2, -0.15) is 0 Å². The number of carbonyl (C=O) groups excluding carboxylic acids is 9. The summed E-state index contributed by atoms with van der Waals surface area (Å²) in [5, 5.41) is 77.7. The molecule has 1 aliphatic heterocycles. The number of rotatable bonds is 31. The minimum absolute atomic E-state index is 0.0886. The Morgan fingerprint density at radius 3 is 1.49 bits per heavy atom. The van der Waals surface area contributed by atoms with Crippen molar-refractivity contribution in [3.05, 3.63) is 95.6 Å². The van der Waals surface area contributed by atoms with Gasteiger partial charge in [0, 0.05) is 38.6 Å². The molecule has 4 rings (SSSR count). The second-order valence-corrected chi connectivity index (χ2v) is 19.6. The van der Waals surface area contributed by atoms with Gasteiger partial charge in [0.2, 0.25) is 53.2 Å². The fourth-order valence-electron chi connectivity index (χ4n) is 8.45. The van der Waals surface area contributed by atoms with Gasteiger partial charge in [0.25, 0.3) is 0 Å². The number of hydrogen-bond acceptors (Lipinski definition) is 16. The Morgan fingerprint density at radius 2 is 0.988 bits per heavy atom. The Balaban J connectivity index is 1.47. The molecule has 1 fully saturated rings. The van der Waals surface area contributed by atoms with E-state index in [2.05, 4.69) is 42.5 Å². The highest BCUT2D eigenvalue weighted by Crippen LogP contribution is 2.20. The van der Waals surface area contributed by atoms with Crippen molar-refractivity contribution in [1.82, 2.24) is 47.4 Å². The van der Waals surface area contributed by atoms with Crippen LogP contribution in [0.3, 0.4) is 0 Å². The summed E-state index contributed by atoms with van der Waals surface area (Å²) in [4.78, 5) is 159. The first-order chi connectivity index (χ1) is 38.7. The van der Waals surface area contributed by atoms with Crippen LogP contribution < -0.4 is 48.3 Å². The van der Waals surface area contributed by atoms with E-state index < -0.39 is 164 Å². The number of nitrogens with two attached hydrogens (primary N) is 1. The molecule has 0 saturated carbocycles. The zero-order valence-corrected chi connectivity index (χ0v) is 45.2. The van der Waals surface area contributed by atoms with Crippen molar-refractivity contribution in [3.8, 4) is 11.5 Å². The van der Waals surface area contributed by atoms with E-state index in [0.29, 0.717) is 23.1 Å². The van der Waals surface area contributed by atoms with Gasteiger partial charge in [-0.15, -0.1) is 0 Å². The van der Waals surface area contributed by atoms with Crippen LogP contribution in [0.4, 0.5) is 0 Å². The van der Waals surface area contributed by atoms with Gasteiger partial charge in [0.05, 0.1) is 12.6 Å². The fraction of sp³-hybridized carbons (Fsp3) is 0.444. The first kappa shape index (κ1) is 65.3. The minimum Gasteiger partial charge on any atom is -0.508 e. The average molecular weight is 1150 g/mol. The van der Waals surface area contributed by atoms with Crippen LogP contribution in [0.15, 0.2) is 78.9 Å². The Hall–Kier alpha value is -9.18. The first-order valence-corrected chi connectivity index (χ1v) is 26.1. The summed E-state index contributed by atoms with van der Waals surface area (Å²) in [6.07, 6.45) is -3.82. The van der Waals surface area contributed by atoms with E-state index in [4.69, 9.17) is 5.73 Å². The van der Waals surface area contributed by atoms with E-state index in [1.165, 1.54) is 74.2 Å². The van der Waals surface area contributed by atoms with Gasteiger partial charge in [0.15, 0.2) is 0 Å². The standard InChI is InChI=1S/C54H70N10O18/c1-28(57-42(68)27-56-47(74)36(19-21-43(69)70)60-51(78)41-10-7-23-64(41)53(80)29(2)58-52(79)45(55)30(3)65)46(73)61-38(24-32-11-15-34(66)16-12-32)49(76)59-37(20-22-44(71)72)48(75)62-39(25-33-13-17-35(67)18-14-33)50(77)63-40(54(81)82)26-31-8-5-4-6-9-31/h4-6,8-9,11-18,28-30,36-41,45,65-67H,7,10,19-27,55H2,1-3H3,(H,56,74)(H,57,68)(H,58,79)(H,59,76)(H,60,78)(H,61,73)(H,62,75)(H,63,77)(H,69,70)(H,71,72)(H,81,82)/t28-,29-,30+,36-,37-,38-,39-,40-,41-,45-/m0/s1. The zero-order chi connectivity index (χ0) is 60.8. The largest absolute Gasteiger partial charge is 0.508 e. The summed E-state index contributed by atoms with van der Waals surface area (Å²) in [6, 6.07) is 6.22. The summed E-state index contributed by atoms with van der Waals surface area (Å²) in [5.74, 6) is -12.8. The molecule has 0 radical (unpaired) electrons. The molecule has 0 spiro atoms. The van der Waals surface area contributed by atoms with E-state index in [1.54, 1.807) is 30.3 Å². The number of likely N-dealkylation sites (tertiary alicyclic amines) is 1. The van der Waals surface area contributed by atoms with Crippen molar-refractivity contribution >= 4 is 71.1 Å². The molecule has 9 amide bonds. The van der Waals surface area contributed by atoms with Crippen LogP contribution in [-0.2, 0) is 76.8 Å². The summed E-state index contributed by atoms with van der Waals surface area (Å²) in [7, 11) is 0. The number of nitrogens with one attached hydrogen (secondary N) is 8. The normalized spacial score (nSPS) is 16.1. The molecule has 1 saturated heterocycles. The molecule has 28 heteroatoms. The van der Waals surface area contributed by atoms with Crippen molar-refractivity contribution < 1.29 is 88.2 Å². The molecule has 82 heavy (non-hydrogen) atoms. The molecule has 0 unspecified atom stereocenters. The van der Waals surface area contributed by atoms with Crippen molar-refractivity contribution in [2.24, 2.45) is 5.73 Å². The highest BCUT2D eigenvalue weighted by Gasteiger charge is 2.39. The number of phenols is 2. The molecular formula is C54H70N10O18. The Labute approximate surface area is 470 Å². The third-order valence-electron chi connectivity index (χ3n) is 13.1. The van der Waals surface area contributed by atoms with E-state index in [0.717, 1.165) is 0 Å². The van der Waals surface area contributed by atoms with Crippen LogP contribution in [0, 0.1) is 0 Å². The molecule has 3 aromatic carbocycles. The quantitative estimate of drug-likeness (QED) is 0.0309. The van der Waals surface area contributed by atoms with Crippen molar-refractivity contribution in [1.29, 1.82) is 0 Å². The first-order valence-electron chi connectivity index (χ1n) is 26.1. The number of phenolic OH excluding ortho intramolecular Hbond substituents is 2. The molecule has 10 atom stereocenters. The van der Waals surface area contributed by atoms with Crippen LogP contribution >= 0.6 is 0 Å². The van der Waals surface area contributed by atoms with E-state index >= 15 is 0 Å². The molecule has 0 aliphatic carbocycles. The van der Waals surface area contributed by atoms with E-state index in [-0.39, 0.29) is 43.7 Å². The summed E-state index contributed by atoms with van der Waals surface area (Å²) < 4.78 is 0. The number of carbonyl (C=O) groups is 12. The number of carboxylic acid groups (broad SMARTS) is 3. The van der Waals surface area contributed by atoms with Gasteiger partial charge in [-0.3, -0.25) is 52.7 Å². The topological polar surface area (TPSA) is 452 Å². The summed E-state index contributed by atoms with van der Waals surface area (Å²) in [5.41, 5.74) is 6.97. The van der Waals surface area contributed by atoms with Crippen LogP contribution in [0.25, 0.3) is 0 Å². The molecule has 28 nitrogen and oxygen atoms in total. The molecule has 0 bridgehead atoms. The van der Waals surface area contributed by atoms with Gasteiger partial charge in [-0.1, -0.05) is 54.6 Å². The molecule has 444 valence electrons. The van der Waals surface area contributed by atoms with Gasteiger partial charge < -0.3 is 83.8 Å². The molecule has 3 aromatic rings. The number of carboxylic acids is 3. The second kappa shape index (κ2) is 31.6. The SMILES string of the molecule is C[C@H](NC(=O)CNC(=O)[C@H](CCC(=O)O)NC(=O)[C@@H]1CCCN1C(=O)[C@H](C)NC(=O)[C@@H](N)[C@@H](C)O)C(=O)N[C@@H](Cc1ccc(O)cc1)C(=O)N[C@@H](CCC(=O)O)C(=O)N[C@@H](Cc1ccc(O)cc1)C(=O)N[C@@H](Cc1ccccc1)C(=O)O. The van der Waals surface area contributed by atoms with Crippen molar-refractivity contribution in [3.63, 3.8) is 0 Å². The smallest absolute Gasteiger partial charge is 0.326 e. The maximum Gasteiger partial charge on any atom is 0.326 e. The maximum atomic E-state index is 14.2. The van der Waals surface area contributed by atoms with E-state index in [1.807, 2.05) is 0 Å². The molecule has 1 heterocycles. The average Bonchev–Trinajstić information content (AvgIpc) is 3.96. The number of aliphatic hydroxyl groups excluding tert-OH is 1. The Morgan fingerprint density at radius 1 is 0.537 bits per heavy atom. The fourth-order valence-corrected chi connectivity index (χ4v) is 8.45. The summed E-state index contributed by atoms with van der Waals surface area (Å²) >= 11 is 0. The molecule has 16 N–H and O–H groups in total. The highest BCUT2D eigenvalue weighted by molar-refractivity contribution is 5.98. The number of aromatic hydroxyl groups is 2. The van der Waals surface area contributed by atoms with Gasteiger partial charge in [-0.25, -0.2) is 4.79 Å². The number of benzene rings is 3. The van der Waals surface area contributed by atoms with Gasteiger partial charge in [-0.05, 0) is 87.4 Å². The lowest BCUT2D eigenvalue weighted by Gasteiger charge is -2.29. The number of nitrogens with zero attached hydrogens (tertiary/aromatic N) is 1. The number of aliphatic carboxylic acids is 3. The predicted molar refractivity (Wildman–Crippen MR) is 287 cm³/mol. The highest BCUT2D eigenvalue weighted by atomic mass is 16.4. The van der Waals surface area contributed by atoms with Crippen LogP contribution in [0.5, 0.6) is 11.5 Å². The predicted octanol–water partition coefficient (Wildman–Crippen LogP) is -2.81. The lowest BCUT2D eigenvalue weighted by atomic mass is 10.0. The summed E-state index contributed by atoms with van der Waals surface area (Å²) in [6.45, 7) is 3.10. The number of amides is 9. The maximum absolute atomic E-state index is 14.2.